The lowest BCUT2D eigenvalue weighted by Crippen LogP contribution is -2.22. The van der Waals surface area contributed by atoms with Crippen molar-refractivity contribution >= 4 is 46.0 Å². The van der Waals surface area contributed by atoms with Crippen LogP contribution in [0.2, 0.25) is 0 Å². The summed E-state index contributed by atoms with van der Waals surface area (Å²) in [4.78, 5) is 10.2. The molecule has 0 fully saturated rings. The zero-order valence-corrected chi connectivity index (χ0v) is 49.6. The molecule has 1 aliphatic carbocycles. The Bertz CT molecular complexity index is 4070. The molecule has 0 radical (unpaired) electrons. The van der Waals surface area contributed by atoms with Gasteiger partial charge in [-0.3, -0.25) is 4.98 Å². The lowest BCUT2D eigenvalue weighted by Gasteiger charge is -2.30. The van der Waals surface area contributed by atoms with Gasteiger partial charge in [0.2, 0.25) is 0 Å². The quantitative estimate of drug-likeness (QED) is 0.0669. The average Bonchev–Trinajstić information content (AvgIpc) is 3.38. The van der Waals surface area contributed by atoms with Gasteiger partial charge in [-0.05, 0) is 211 Å². The molecule has 416 valence electrons. The molecule has 10 aromatic carbocycles. The minimum atomic E-state index is 0.775. The second kappa shape index (κ2) is 25.8. The van der Waals surface area contributed by atoms with Crippen molar-refractivity contribution in [2.75, 3.05) is 9.80 Å². The summed E-state index contributed by atoms with van der Waals surface area (Å²) in [6.07, 6.45) is 13.6. The third-order valence-corrected chi connectivity index (χ3v) is 16.4. The molecule has 0 amide bonds. The molecular formula is C82H73N3. The Kier molecular flexibility index (Phi) is 16.9. The van der Waals surface area contributed by atoms with Crippen LogP contribution in [0.25, 0.3) is 45.7 Å². The highest BCUT2D eigenvalue weighted by atomic mass is 15.1. The lowest BCUT2D eigenvalue weighted by atomic mass is 9.86. The van der Waals surface area contributed by atoms with Gasteiger partial charge in [0.25, 0.3) is 0 Å². The van der Waals surface area contributed by atoms with Crippen LogP contribution in [0.1, 0.15) is 96.4 Å². The molecule has 0 N–H and O–H groups in total. The van der Waals surface area contributed by atoms with Crippen LogP contribution in [-0.2, 0) is 25.9 Å². The number of aryl methyl sites for hydroxylation is 6. The van der Waals surface area contributed by atoms with Crippen molar-refractivity contribution in [2.24, 2.45) is 0 Å². The van der Waals surface area contributed by atoms with Crippen LogP contribution in [-0.4, -0.2) is 4.98 Å². The minimum Gasteiger partial charge on any atom is -0.363 e. The van der Waals surface area contributed by atoms with Crippen LogP contribution >= 0.6 is 0 Å². The maximum atomic E-state index is 5.20. The zero-order valence-electron chi connectivity index (χ0n) is 49.6. The topological polar surface area (TPSA) is 19.4 Å². The van der Waals surface area contributed by atoms with E-state index in [1.807, 2.05) is 0 Å². The van der Waals surface area contributed by atoms with Gasteiger partial charge in [0.1, 0.15) is 0 Å². The molecule has 1 heterocycles. The Morgan fingerprint density at radius 1 is 0.412 bits per heavy atom. The van der Waals surface area contributed by atoms with Crippen LogP contribution < -0.4 is 9.80 Å². The van der Waals surface area contributed by atoms with Gasteiger partial charge in [-0.15, -0.1) is 0 Å². The zero-order chi connectivity index (χ0) is 58.1. The number of hydrogen-bond donors (Lipinski definition) is 0. The molecule has 1 aliphatic rings. The first-order valence-corrected chi connectivity index (χ1v) is 30.1. The fourth-order valence-corrected chi connectivity index (χ4v) is 12.0. The number of nitrogens with zero attached hydrogens (tertiary/aromatic N) is 3. The summed E-state index contributed by atoms with van der Waals surface area (Å²) >= 11 is 0. The van der Waals surface area contributed by atoms with E-state index in [1.54, 1.807) is 0 Å². The summed E-state index contributed by atoms with van der Waals surface area (Å²) in [5, 5.41) is 0. The Balaban J connectivity index is 1.05. The summed E-state index contributed by atoms with van der Waals surface area (Å²) in [7, 11) is 0. The molecule has 0 saturated heterocycles. The van der Waals surface area contributed by atoms with Gasteiger partial charge in [-0.1, -0.05) is 229 Å². The number of anilines is 4. The second-order valence-electron chi connectivity index (χ2n) is 23.1. The first-order valence-electron chi connectivity index (χ1n) is 30.1. The summed E-state index contributed by atoms with van der Waals surface area (Å²) in [5.41, 5.74) is 29.6. The Morgan fingerprint density at radius 3 is 1.62 bits per heavy atom. The van der Waals surface area contributed by atoms with Gasteiger partial charge in [-0.25, -0.2) is 0 Å². The van der Waals surface area contributed by atoms with E-state index in [0.29, 0.717) is 0 Å². The molecule has 1 aromatic heterocycles. The molecular weight excluding hydrogens is 1030 g/mol. The smallest absolute Gasteiger partial charge is 0.0708 e. The molecule has 85 heavy (non-hydrogen) atoms. The fourth-order valence-electron chi connectivity index (χ4n) is 12.0. The van der Waals surface area contributed by atoms with Crippen molar-refractivity contribution in [2.45, 2.75) is 73.4 Å². The third-order valence-electron chi connectivity index (χ3n) is 16.4. The largest absolute Gasteiger partial charge is 0.363 e. The number of pyridine rings is 1. The lowest BCUT2D eigenvalue weighted by molar-refractivity contribution is 0.686. The predicted molar refractivity (Wildman–Crippen MR) is 362 cm³/mol. The van der Waals surface area contributed by atoms with Crippen molar-refractivity contribution in [1.82, 2.24) is 4.98 Å². The highest BCUT2D eigenvalue weighted by Crippen LogP contribution is 2.44. The van der Waals surface area contributed by atoms with Gasteiger partial charge in [0.15, 0.2) is 0 Å². The first kappa shape index (κ1) is 55.7. The number of rotatable bonds is 17. The van der Waals surface area contributed by atoms with Gasteiger partial charge >= 0.3 is 0 Å². The van der Waals surface area contributed by atoms with E-state index in [2.05, 4.69) is 324 Å². The minimum absolute atomic E-state index is 0.775. The highest BCUT2D eigenvalue weighted by molar-refractivity contribution is 5.93. The molecule has 0 spiro atoms. The standard InChI is InChI=1S/C82H73N3/c1-58-35-41-67(42-36-58)80(68-43-37-59(2)38-44-68)51-63-39-45-74(46-40-63)85(77-53-72-27-12-13-32-79(72)81(55-77)82-34-16-21-62(5)83-82)76-50-66(26-17-33-78(70-29-14-19-60(3)47-70)71-30-15-20-61(4)48-71)49-73(54-76)69-28-18-31-75(52-69)84(56-64-22-8-6-9-23-64)57-65-24-10-7-11-25-65/h6-11,14-26,28-31,33-55H,12-13,27,32,56-57H2,1-5H3. The third kappa shape index (κ3) is 13.5. The normalized spacial score (nSPS) is 11.9. The van der Waals surface area contributed by atoms with E-state index < -0.39 is 0 Å². The van der Waals surface area contributed by atoms with E-state index in [9.17, 15) is 0 Å². The van der Waals surface area contributed by atoms with Crippen LogP contribution in [0.15, 0.2) is 267 Å². The highest BCUT2D eigenvalue weighted by Gasteiger charge is 2.23. The van der Waals surface area contributed by atoms with E-state index in [1.165, 1.54) is 89.9 Å². The molecule has 3 nitrogen and oxygen atoms in total. The monoisotopic (exact) mass is 1100 g/mol. The number of hydrogen-bond acceptors (Lipinski definition) is 3. The second-order valence-corrected chi connectivity index (χ2v) is 23.1. The average molecular weight is 1100 g/mol. The predicted octanol–water partition coefficient (Wildman–Crippen LogP) is 21.2. The van der Waals surface area contributed by atoms with Crippen LogP contribution in [0, 0.1) is 34.6 Å². The Labute approximate surface area is 504 Å². The first-order chi connectivity index (χ1) is 41.6. The van der Waals surface area contributed by atoms with Gasteiger partial charge in [-0.2, -0.15) is 0 Å². The van der Waals surface area contributed by atoms with Crippen LogP contribution in [0.4, 0.5) is 22.7 Å². The van der Waals surface area contributed by atoms with Crippen LogP contribution in [0.3, 0.4) is 0 Å². The van der Waals surface area contributed by atoms with Crippen LogP contribution in [0.5, 0.6) is 0 Å². The Morgan fingerprint density at radius 2 is 1.00 bits per heavy atom. The fraction of sp³-hybridized carbons (Fsp3) is 0.134. The van der Waals surface area contributed by atoms with Gasteiger partial charge in [0.05, 0.1) is 5.69 Å². The summed E-state index contributed by atoms with van der Waals surface area (Å²) < 4.78 is 0. The molecule has 0 aliphatic heterocycles. The number of aromatic nitrogens is 1. The molecule has 0 atom stereocenters. The summed E-state index contributed by atoms with van der Waals surface area (Å²) in [6, 6.07) is 94.0. The van der Waals surface area contributed by atoms with Crippen molar-refractivity contribution in [3.63, 3.8) is 0 Å². The molecule has 3 heteroatoms. The van der Waals surface area contributed by atoms with Crippen molar-refractivity contribution in [3.8, 4) is 22.4 Å². The van der Waals surface area contributed by atoms with Gasteiger partial charge < -0.3 is 9.80 Å². The Hall–Kier alpha value is -9.83. The van der Waals surface area contributed by atoms with Crippen molar-refractivity contribution in [1.29, 1.82) is 0 Å². The number of allylic oxidation sites excluding steroid dienone is 2. The number of fused-ring (bicyclic) bond motifs is 1. The molecule has 0 saturated carbocycles. The SMILES string of the molecule is Cc1ccc(C(=Cc2ccc(N(c3cc(C=CC=C(c4cccc(C)c4)c4cccc(C)c4)cc(-c4cccc(N(Cc5ccccc5)Cc5ccccc5)c4)c3)c3cc4c(c(-c5cccc(C)n5)c3)CCCC4)cc2)c2ccc(C)cc2)cc1. The molecule has 12 rings (SSSR count). The maximum Gasteiger partial charge on any atom is 0.0708 e. The number of benzene rings is 10. The summed E-state index contributed by atoms with van der Waals surface area (Å²) in [5.74, 6) is 0. The van der Waals surface area contributed by atoms with E-state index >= 15 is 0 Å². The molecule has 0 bridgehead atoms. The van der Waals surface area contributed by atoms with E-state index in [0.717, 1.165) is 88.7 Å². The summed E-state index contributed by atoms with van der Waals surface area (Å²) in [6.45, 7) is 12.3. The van der Waals surface area contributed by atoms with E-state index in [4.69, 9.17) is 4.98 Å². The van der Waals surface area contributed by atoms with E-state index in [-0.39, 0.29) is 0 Å². The molecule has 11 aromatic rings. The molecule has 0 unspecified atom stereocenters. The maximum absolute atomic E-state index is 5.20. The van der Waals surface area contributed by atoms with Gasteiger partial charge in [0, 0.05) is 47.1 Å². The van der Waals surface area contributed by atoms with Crippen molar-refractivity contribution in [3.05, 3.63) is 351 Å². The van der Waals surface area contributed by atoms with Crippen molar-refractivity contribution < 1.29 is 0 Å².